The lowest BCUT2D eigenvalue weighted by molar-refractivity contribution is 1.64. The summed E-state index contributed by atoms with van der Waals surface area (Å²) in [7, 11) is 0. The summed E-state index contributed by atoms with van der Waals surface area (Å²) >= 11 is 0. The van der Waals surface area contributed by atoms with Gasteiger partial charge in [-0.05, 0) is 77.4 Å². The van der Waals surface area contributed by atoms with E-state index in [4.69, 9.17) is 6.85 Å². The molecule has 0 saturated carbocycles. The van der Waals surface area contributed by atoms with Gasteiger partial charge in [-0.25, -0.2) is 0 Å². The molecule has 0 amide bonds. The molecule has 0 unspecified atom stereocenters. The fourth-order valence-electron chi connectivity index (χ4n) is 4.81. The molecule has 0 N–H and O–H groups in total. The molecule has 0 aliphatic heterocycles. The summed E-state index contributed by atoms with van der Waals surface area (Å²) in [5.41, 5.74) is 1.71. The van der Waals surface area contributed by atoms with Crippen LogP contribution in [0.5, 0.6) is 0 Å². The normalized spacial score (nSPS) is 14.8. The second-order valence-corrected chi connectivity index (χ2v) is 8.30. The van der Waals surface area contributed by atoms with Gasteiger partial charge in [0.2, 0.25) is 0 Å². The number of hydrogen-bond donors (Lipinski definition) is 0. The van der Waals surface area contributed by atoms with Crippen molar-refractivity contribution in [1.29, 1.82) is 0 Å². The molecule has 0 radical (unpaired) electrons. The SMILES string of the molecule is [2H]c1c([2H])c([2H])c2c(-c3cccc4c3ccc3ccccc34)c3c([2H])c([2H])c(-c4ccccc4)c([2H])c3c([2H])c2c1[2H]. The first-order valence-electron chi connectivity index (χ1n) is 15.1. The third kappa shape index (κ3) is 2.93. The van der Waals surface area contributed by atoms with Gasteiger partial charge in [0.05, 0.1) is 11.0 Å². The van der Waals surface area contributed by atoms with Crippen LogP contribution in [0.3, 0.4) is 0 Å². The first kappa shape index (κ1) is 12.7. The molecule has 0 atom stereocenters. The van der Waals surface area contributed by atoms with Crippen molar-refractivity contribution in [2.45, 2.75) is 0 Å². The standard InChI is InChI=1S/C34H22/c1-2-9-23(10-3-1)25-18-19-30-27(21-25)22-26-12-5-7-14-29(26)34(30)33-16-8-15-31-28-13-6-4-11-24(28)17-20-32(31)33/h1-22H/i5D,7D,12D,14D,18D,19D,21D,22D. The zero-order chi connectivity index (χ0) is 29.4. The molecule has 0 aliphatic carbocycles. The number of fused-ring (bicyclic) bond motifs is 5. The molecule has 7 aromatic carbocycles. The van der Waals surface area contributed by atoms with Crippen LogP contribution >= 0.6 is 0 Å². The Morgan fingerprint density at radius 2 is 1.21 bits per heavy atom. The van der Waals surface area contributed by atoms with Crippen LogP contribution < -0.4 is 0 Å². The fraction of sp³-hybridized carbons (Fsp3) is 0. The van der Waals surface area contributed by atoms with Crippen molar-refractivity contribution in [3.05, 3.63) is 133 Å². The predicted octanol–water partition coefficient (Wildman–Crippen LogP) is 9.63. The largest absolute Gasteiger partial charge is 0.0636 e. The maximum atomic E-state index is 9.27. The summed E-state index contributed by atoms with van der Waals surface area (Å²) in [6.45, 7) is 0. The van der Waals surface area contributed by atoms with E-state index in [0.29, 0.717) is 16.7 Å². The molecule has 7 rings (SSSR count). The highest BCUT2D eigenvalue weighted by Gasteiger charge is 2.14. The van der Waals surface area contributed by atoms with E-state index >= 15 is 0 Å². The molecule has 0 heterocycles. The van der Waals surface area contributed by atoms with E-state index in [1.807, 2.05) is 60.7 Å². The van der Waals surface area contributed by atoms with Gasteiger partial charge in [-0.2, -0.15) is 0 Å². The molecular weight excluding hydrogens is 408 g/mol. The van der Waals surface area contributed by atoms with E-state index in [0.717, 1.165) is 21.5 Å². The minimum absolute atomic E-state index is 0.00839. The second kappa shape index (κ2) is 7.57. The molecule has 0 aliphatic rings. The van der Waals surface area contributed by atoms with Crippen molar-refractivity contribution >= 4 is 43.1 Å². The zero-order valence-corrected chi connectivity index (χ0v) is 18.1. The van der Waals surface area contributed by atoms with Crippen molar-refractivity contribution in [2.75, 3.05) is 0 Å². The number of hydrogen-bond acceptors (Lipinski definition) is 0. The summed E-state index contributed by atoms with van der Waals surface area (Å²) in [6.07, 6.45) is 0. The van der Waals surface area contributed by atoms with Crippen molar-refractivity contribution in [2.24, 2.45) is 0 Å². The van der Waals surface area contributed by atoms with Gasteiger partial charge in [0.25, 0.3) is 0 Å². The minimum atomic E-state index is -0.465. The van der Waals surface area contributed by atoms with Crippen LogP contribution in [0.15, 0.2) is 133 Å². The maximum Gasteiger partial charge on any atom is 0.0636 e. The van der Waals surface area contributed by atoms with Gasteiger partial charge in [-0.1, -0.05) is 121 Å². The van der Waals surface area contributed by atoms with E-state index in [1.54, 1.807) is 24.3 Å². The summed E-state index contributed by atoms with van der Waals surface area (Å²) in [6, 6.07) is 24.1. The Kier molecular flexibility index (Phi) is 2.83. The first-order chi connectivity index (χ1) is 20.2. The third-order valence-electron chi connectivity index (χ3n) is 6.37. The molecule has 0 saturated heterocycles. The zero-order valence-electron chi connectivity index (χ0n) is 26.1. The Balaban J connectivity index is 1.79. The highest BCUT2D eigenvalue weighted by atomic mass is 14.2. The Bertz CT molecular complexity index is 2270. The number of benzene rings is 7. The molecule has 0 spiro atoms. The van der Waals surface area contributed by atoms with E-state index < -0.39 is 12.1 Å². The lowest BCUT2D eigenvalue weighted by Gasteiger charge is -2.16. The average molecular weight is 439 g/mol. The van der Waals surface area contributed by atoms with E-state index in [2.05, 4.69) is 0 Å². The molecule has 34 heavy (non-hydrogen) atoms. The van der Waals surface area contributed by atoms with E-state index in [-0.39, 0.29) is 63.4 Å². The summed E-state index contributed by atoms with van der Waals surface area (Å²) in [4.78, 5) is 0. The van der Waals surface area contributed by atoms with Crippen LogP contribution in [-0.4, -0.2) is 0 Å². The van der Waals surface area contributed by atoms with Gasteiger partial charge >= 0.3 is 0 Å². The van der Waals surface area contributed by atoms with Gasteiger partial charge in [-0.3, -0.25) is 0 Å². The molecular formula is C34H22. The highest BCUT2D eigenvalue weighted by Crippen LogP contribution is 2.41. The molecule has 0 bridgehead atoms. The first-order valence-corrected chi connectivity index (χ1v) is 11.1. The van der Waals surface area contributed by atoms with Crippen LogP contribution in [0, 0.1) is 0 Å². The molecule has 0 heteroatoms. The van der Waals surface area contributed by atoms with Gasteiger partial charge in [-0.15, -0.1) is 0 Å². The second-order valence-electron chi connectivity index (χ2n) is 8.30. The van der Waals surface area contributed by atoms with E-state index in [1.165, 1.54) is 0 Å². The lowest BCUT2D eigenvalue weighted by atomic mass is 9.87. The third-order valence-corrected chi connectivity index (χ3v) is 6.37. The van der Waals surface area contributed by atoms with Gasteiger partial charge < -0.3 is 0 Å². The van der Waals surface area contributed by atoms with Crippen LogP contribution in [0.2, 0.25) is 0 Å². The quantitative estimate of drug-likeness (QED) is 0.186. The Labute approximate surface area is 210 Å². The fourth-order valence-corrected chi connectivity index (χ4v) is 4.81. The summed E-state index contributed by atoms with van der Waals surface area (Å²) < 4.78 is 71.4. The van der Waals surface area contributed by atoms with Crippen molar-refractivity contribution in [3.8, 4) is 22.3 Å². The monoisotopic (exact) mass is 438 g/mol. The van der Waals surface area contributed by atoms with Crippen LogP contribution in [0.4, 0.5) is 0 Å². The molecule has 0 fully saturated rings. The van der Waals surface area contributed by atoms with Gasteiger partial charge in [0.1, 0.15) is 0 Å². The van der Waals surface area contributed by atoms with Crippen molar-refractivity contribution < 1.29 is 11.0 Å². The molecule has 0 nitrogen and oxygen atoms in total. The van der Waals surface area contributed by atoms with Crippen molar-refractivity contribution in [3.63, 3.8) is 0 Å². The molecule has 0 aromatic heterocycles. The molecule has 158 valence electrons. The predicted molar refractivity (Wildman–Crippen MR) is 147 cm³/mol. The van der Waals surface area contributed by atoms with Crippen molar-refractivity contribution in [1.82, 2.24) is 0 Å². The summed E-state index contributed by atoms with van der Waals surface area (Å²) in [5, 5.41) is 4.11. The lowest BCUT2D eigenvalue weighted by Crippen LogP contribution is -1.89. The summed E-state index contributed by atoms with van der Waals surface area (Å²) in [5.74, 6) is 0. The maximum absolute atomic E-state index is 9.27. The smallest absolute Gasteiger partial charge is 0.0622 e. The van der Waals surface area contributed by atoms with Gasteiger partial charge in [0, 0.05) is 0 Å². The average Bonchev–Trinajstić information content (AvgIpc) is 3.01. The Morgan fingerprint density at radius 1 is 0.412 bits per heavy atom. The molecule has 7 aromatic rings. The van der Waals surface area contributed by atoms with E-state index in [9.17, 15) is 4.11 Å². The van der Waals surface area contributed by atoms with Crippen LogP contribution in [0.1, 0.15) is 11.0 Å². The van der Waals surface area contributed by atoms with Crippen LogP contribution in [-0.2, 0) is 0 Å². The number of rotatable bonds is 2. The van der Waals surface area contributed by atoms with Crippen LogP contribution in [0.25, 0.3) is 65.3 Å². The minimum Gasteiger partial charge on any atom is -0.0622 e. The highest BCUT2D eigenvalue weighted by molar-refractivity contribution is 6.20. The Hall–Kier alpha value is -4.42. The van der Waals surface area contributed by atoms with Gasteiger partial charge in [0.15, 0.2) is 0 Å². The Morgan fingerprint density at radius 3 is 2.15 bits per heavy atom. The topological polar surface area (TPSA) is 0 Å².